The molecule has 4 heterocycles. The van der Waals surface area contributed by atoms with E-state index in [4.69, 9.17) is 0 Å². The molecule has 142 valence electrons. The van der Waals surface area contributed by atoms with Crippen LogP contribution in [0.5, 0.6) is 0 Å². The lowest BCUT2D eigenvalue weighted by Gasteiger charge is -2.35. The van der Waals surface area contributed by atoms with E-state index in [1.807, 2.05) is 33.3 Å². The number of rotatable bonds is 4. The highest BCUT2D eigenvalue weighted by Crippen LogP contribution is 2.29. The van der Waals surface area contributed by atoms with E-state index < -0.39 is 11.7 Å². The maximum absolute atomic E-state index is 12.6. The summed E-state index contributed by atoms with van der Waals surface area (Å²) in [7, 11) is 0. The van der Waals surface area contributed by atoms with Crippen LogP contribution in [-0.4, -0.2) is 45.8 Å². The predicted octanol–water partition coefficient (Wildman–Crippen LogP) is 3.81. The quantitative estimate of drug-likeness (QED) is 0.676. The Labute approximate surface area is 158 Å². The molecule has 0 atom stereocenters. The number of aromatic nitrogens is 3. The number of piperazine rings is 1. The van der Waals surface area contributed by atoms with Gasteiger partial charge in [0.05, 0.1) is 17.9 Å². The van der Waals surface area contributed by atoms with Crippen LogP contribution >= 0.6 is 11.3 Å². The number of alkyl halides is 3. The molecule has 5 nitrogen and oxygen atoms in total. The molecule has 4 rings (SSSR count). The summed E-state index contributed by atoms with van der Waals surface area (Å²) in [6.45, 7) is 3.74. The third kappa shape index (κ3) is 4.14. The summed E-state index contributed by atoms with van der Waals surface area (Å²) in [5.74, 6) is 0.585. The van der Waals surface area contributed by atoms with Crippen molar-refractivity contribution in [1.82, 2.24) is 19.7 Å². The van der Waals surface area contributed by atoms with Crippen molar-refractivity contribution < 1.29 is 13.2 Å². The second-order valence-corrected chi connectivity index (χ2v) is 7.18. The minimum atomic E-state index is -4.35. The lowest BCUT2D eigenvalue weighted by Crippen LogP contribution is -2.47. The molecule has 3 aromatic heterocycles. The summed E-state index contributed by atoms with van der Waals surface area (Å²) in [5, 5.41) is 8.71. The van der Waals surface area contributed by atoms with Crippen LogP contribution in [0.4, 0.5) is 19.0 Å². The lowest BCUT2D eigenvalue weighted by molar-refractivity contribution is -0.137. The van der Waals surface area contributed by atoms with Gasteiger partial charge < -0.3 is 4.90 Å². The highest BCUT2D eigenvalue weighted by molar-refractivity contribution is 7.08. The van der Waals surface area contributed by atoms with Crippen LogP contribution in [0.2, 0.25) is 0 Å². The van der Waals surface area contributed by atoms with E-state index in [0.717, 1.165) is 49.7 Å². The van der Waals surface area contributed by atoms with Crippen molar-refractivity contribution in [2.24, 2.45) is 0 Å². The van der Waals surface area contributed by atoms with Crippen LogP contribution in [-0.2, 0) is 12.8 Å². The summed E-state index contributed by atoms with van der Waals surface area (Å²) >= 11 is 1.65. The average Bonchev–Trinajstić information content (AvgIpc) is 3.33. The van der Waals surface area contributed by atoms with Crippen molar-refractivity contribution >= 4 is 17.2 Å². The van der Waals surface area contributed by atoms with Gasteiger partial charge in [0.25, 0.3) is 0 Å². The fourth-order valence-electron chi connectivity index (χ4n) is 3.07. The van der Waals surface area contributed by atoms with Gasteiger partial charge in [0.15, 0.2) is 0 Å². The van der Waals surface area contributed by atoms with Gasteiger partial charge in [0, 0.05) is 49.5 Å². The molecule has 0 bridgehead atoms. The largest absolute Gasteiger partial charge is 0.417 e. The molecule has 9 heteroatoms. The number of hydrogen-bond acceptors (Lipinski definition) is 5. The molecule has 0 unspecified atom stereocenters. The maximum Gasteiger partial charge on any atom is 0.417 e. The van der Waals surface area contributed by atoms with Crippen molar-refractivity contribution in [2.45, 2.75) is 12.8 Å². The van der Waals surface area contributed by atoms with Gasteiger partial charge in [-0.2, -0.15) is 29.6 Å². The molecular formula is C18H18F3N5S. The van der Waals surface area contributed by atoms with Crippen LogP contribution < -0.4 is 4.90 Å². The molecule has 3 aromatic rings. The molecule has 0 N–H and O–H groups in total. The first-order chi connectivity index (χ1) is 13.0. The van der Waals surface area contributed by atoms with E-state index in [1.54, 1.807) is 11.3 Å². The van der Waals surface area contributed by atoms with Crippen molar-refractivity contribution in [3.63, 3.8) is 0 Å². The summed E-state index contributed by atoms with van der Waals surface area (Å²) < 4.78 is 39.8. The van der Waals surface area contributed by atoms with Gasteiger partial charge in [-0.05, 0) is 29.6 Å². The Balaban J connectivity index is 1.33. The van der Waals surface area contributed by atoms with Gasteiger partial charge in [-0.15, -0.1) is 0 Å². The summed E-state index contributed by atoms with van der Waals surface area (Å²) in [6.07, 6.45) is -1.48. The van der Waals surface area contributed by atoms with Gasteiger partial charge in [-0.1, -0.05) is 0 Å². The van der Waals surface area contributed by atoms with Crippen molar-refractivity contribution in [3.8, 4) is 11.3 Å². The van der Waals surface area contributed by atoms with E-state index >= 15 is 0 Å². The standard InChI is InChI=1S/C18H18F3N5S/c19-18(20,21)15-1-2-17(22-11-15)25-8-6-24(7-9-25)13-26-5-3-16(23-26)14-4-10-27-12-14/h1-5,10-12H,6-9,13H2. The number of thiophene rings is 1. The van der Waals surface area contributed by atoms with Crippen LogP contribution in [0.1, 0.15) is 5.56 Å². The first-order valence-electron chi connectivity index (χ1n) is 8.55. The Bertz CT molecular complexity index is 865. The second kappa shape index (κ2) is 7.32. The van der Waals surface area contributed by atoms with Gasteiger partial charge in [-0.25, -0.2) is 4.98 Å². The minimum absolute atomic E-state index is 0.585. The molecule has 27 heavy (non-hydrogen) atoms. The molecule has 1 saturated heterocycles. The monoisotopic (exact) mass is 393 g/mol. The van der Waals surface area contributed by atoms with Gasteiger partial charge in [-0.3, -0.25) is 9.58 Å². The molecular weight excluding hydrogens is 375 g/mol. The highest BCUT2D eigenvalue weighted by atomic mass is 32.1. The van der Waals surface area contributed by atoms with E-state index in [2.05, 4.69) is 20.4 Å². The zero-order chi connectivity index (χ0) is 18.9. The Morgan fingerprint density at radius 1 is 1.04 bits per heavy atom. The minimum Gasteiger partial charge on any atom is -0.354 e. The van der Waals surface area contributed by atoms with Gasteiger partial charge >= 0.3 is 6.18 Å². The SMILES string of the molecule is FC(F)(F)c1ccc(N2CCN(Cn3ccc(-c4ccsc4)n3)CC2)nc1. The Kier molecular flexibility index (Phi) is 4.88. The van der Waals surface area contributed by atoms with Crippen molar-refractivity contribution in [3.05, 3.63) is 53.0 Å². The van der Waals surface area contributed by atoms with E-state index in [9.17, 15) is 13.2 Å². The number of halogens is 3. The Hall–Kier alpha value is -2.39. The second-order valence-electron chi connectivity index (χ2n) is 6.40. The van der Waals surface area contributed by atoms with E-state index in [0.29, 0.717) is 12.5 Å². The van der Waals surface area contributed by atoms with Crippen LogP contribution in [0.3, 0.4) is 0 Å². The van der Waals surface area contributed by atoms with E-state index in [-0.39, 0.29) is 0 Å². The smallest absolute Gasteiger partial charge is 0.354 e. The van der Waals surface area contributed by atoms with Crippen molar-refractivity contribution in [2.75, 3.05) is 31.1 Å². The molecule has 1 aliphatic rings. The van der Waals surface area contributed by atoms with Crippen LogP contribution in [0, 0.1) is 0 Å². The van der Waals surface area contributed by atoms with E-state index in [1.165, 1.54) is 6.07 Å². The number of pyridine rings is 1. The summed E-state index contributed by atoms with van der Waals surface area (Å²) in [5.41, 5.74) is 1.37. The maximum atomic E-state index is 12.6. The first kappa shape index (κ1) is 18.0. The summed E-state index contributed by atoms with van der Waals surface area (Å²) in [4.78, 5) is 8.26. The molecule has 0 spiro atoms. The fraction of sp³-hybridized carbons (Fsp3) is 0.333. The predicted molar refractivity (Wildman–Crippen MR) is 98.6 cm³/mol. The third-order valence-corrected chi connectivity index (χ3v) is 5.26. The summed E-state index contributed by atoms with van der Waals surface area (Å²) in [6, 6.07) is 6.58. The molecule has 1 fully saturated rings. The number of nitrogens with zero attached hydrogens (tertiary/aromatic N) is 5. The molecule has 0 saturated carbocycles. The fourth-order valence-corrected chi connectivity index (χ4v) is 3.72. The average molecular weight is 393 g/mol. The van der Waals surface area contributed by atoms with Crippen LogP contribution in [0.15, 0.2) is 47.4 Å². The molecule has 1 aliphatic heterocycles. The molecule has 0 amide bonds. The lowest BCUT2D eigenvalue weighted by atomic mass is 10.2. The van der Waals surface area contributed by atoms with Gasteiger partial charge in [0.2, 0.25) is 0 Å². The van der Waals surface area contributed by atoms with Crippen molar-refractivity contribution in [1.29, 1.82) is 0 Å². The molecule has 0 aromatic carbocycles. The Morgan fingerprint density at radius 2 is 1.85 bits per heavy atom. The Morgan fingerprint density at radius 3 is 2.48 bits per heavy atom. The molecule has 0 radical (unpaired) electrons. The molecule has 0 aliphatic carbocycles. The zero-order valence-electron chi connectivity index (χ0n) is 14.4. The topological polar surface area (TPSA) is 37.2 Å². The van der Waals surface area contributed by atoms with Gasteiger partial charge in [0.1, 0.15) is 5.82 Å². The first-order valence-corrected chi connectivity index (χ1v) is 9.50. The number of hydrogen-bond donors (Lipinski definition) is 0. The third-order valence-electron chi connectivity index (χ3n) is 4.57. The van der Waals surface area contributed by atoms with Crippen LogP contribution in [0.25, 0.3) is 11.3 Å². The highest BCUT2D eigenvalue weighted by Gasteiger charge is 2.31. The zero-order valence-corrected chi connectivity index (χ0v) is 15.2. The number of anilines is 1. The normalized spacial score (nSPS) is 16.0.